The zero-order valence-corrected chi connectivity index (χ0v) is 18.1. The van der Waals surface area contributed by atoms with Crippen LogP contribution in [-0.2, 0) is 28.8 Å². The van der Waals surface area contributed by atoms with E-state index in [-0.39, 0.29) is 19.3 Å². The number of hydrogen-bond acceptors (Lipinski definition) is 8. The van der Waals surface area contributed by atoms with Gasteiger partial charge in [-0.2, -0.15) is 11.8 Å². The number of carboxylic acids is 2. The van der Waals surface area contributed by atoms with Crippen LogP contribution in [0.4, 0.5) is 0 Å². The lowest BCUT2D eigenvalue weighted by atomic mass is 10.1. The van der Waals surface area contributed by atoms with Crippen molar-refractivity contribution >= 4 is 47.3 Å². The molecule has 0 aliphatic rings. The van der Waals surface area contributed by atoms with Gasteiger partial charge in [-0.15, -0.1) is 0 Å². The van der Waals surface area contributed by atoms with Crippen molar-refractivity contribution < 1.29 is 39.0 Å². The molecular formula is C17H29N5O8S. The average Bonchev–Trinajstić information content (AvgIpc) is 2.67. The molecule has 0 radical (unpaired) electrons. The van der Waals surface area contributed by atoms with Crippen molar-refractivity contribution in [3.63, 3.8) is 0 Å². The second kappa shape index (κ2) is 14.2. The minimum Gasteiger partial charge on any atom is -0.481 e. The molecule has 0 aliphatic carbocycles. The first-order valence-electron chi connectivity index (χ1n) is 9.27. The number of nitrogens with two attached hydrogens (primary N) is 2. The molecule has 0 bridgehead atoms. The number of primary amides is 1. The van der Waals surface area contributed by atoms with Crippen LogP contribution in [0.15, 0.2) is 0 Å². The Bertz CT molecular complexity index is 689. The Morgan fingerprint density at radius 2 is 1.45 bits per heavy atom. The summed E-state index contributed by atoms with van der Waals surface area (Å²) in [6.07, 6.45) is 0.955. The summed E-state index contributed by atoms with van der Waals surface area (Å²) in [6.45, 7) is 1.18. The van der Waals surface area contributed by atoms with Crippen molar-refractivity contribution in [2.75, 3.05) is 12.0 Å². The summed E-state index contributed by atoms with van der Waals surface area (Å²) in [4.78, 5) is 69.9. The Kier molecular flexibility index (Phi) is 12.9. The zero-order chi connectivity index (χ0) is 24.1. The fourth-order valence-electron chi connectivity index (χ4n) is 2.24. The molecule has 9 N–H and O–H groups in total. The molecular weight excluding hydrogens is 434 g/mol. The van der Waals surface area contributed by atoms with Gasteiger partial charge in [-0.1, -0.05) is 0 Å². The van der Waals surface area contributed by atoms with Crippen molar-refractivity contribution in [1.82, 2.24) is 16.0 Å². The molecule has 4 unspecified atom stereocenters. The van der Waals surface area contributed by atoms with Crippen molar-refractivity contribution in [1.29, 1.82) is 0 Å². The predicted octanol–water partition coefficient (Wildman–Crippen LogP) is -2.63. The Hall–Kier alpha value is -2.87. The Morgan fingerprint density at radius 1 is 0.903 bits per heavy atom. The van der Waals surface area contributed by atoms with Gasteiger partial charge in [0.1, 0.15) is 18.1 Å². The van der Waals surface area contributed by atoms with Crippen LogP contribution >= 0.6 is 11.8 Å². The van der Waals surface area contributed by atoms with Crippen molar-refractivity contribution in [2.45, 2.75) is 56.8 Å². The third kappa shape index (κ3) is 11.8. The summed E-state index contributed by atoms with van der Waals surface area (Å²) in [5.41, 5.74) is 10.7. The van der Waals surface area contributed by atoms with Crippen LogP contribution in [0.3, 0.4) is 0 Å². The number of carboxylic acid groups (broad SMARTS) is 2. The molecule has 0 aromatic rings. The number of amides is 4. The van der Waals surface area contributed by atoms with Crippen molar-refractivity contribution in [3.05, 3.63) is 0 Å². The molecule has 0 saturated carbocycles. The highest BCUT2D eigenvalue weighted by molar-refractivity contribution is 7.98. The first-order chi connectivity index (χ1) is 14.4. The van der Waals surface area contributed by atoms with Crippen LogP contribution in [0.2, 0.25) is 0 Å². The van der Waals surface area contributed by atoms with E-state index in [0.29, 0.717) is 5.75 Å². The molecule has 4 atom stereocenters. The maximum absolute atomic E-state index is 12.7. The highest BCUT2D eigenvalue weighted by Gasteiger charge is 2.30. The van der Waals surface area contributed by atoms with Gasteiger partial charge in [-0.3, -0.25) is 28.8 Å². The average molecular weight is 464 g/mol. The van der Waals surface area contributed by atoms with Gasteiger partial charge in [0.15, 0.2) is 0 Å². The molecule has 0 aromatic carbocycles. The molecule has 31 heavy (non-hydrogen) atoms. The lowest BCUT2D eigenvalue weighted by molar-refractivity contribution is -0.143. The highest BCUT2D eigenvalue weighted by atomic mass is 32.2. The maximum atomic E-state index is 12.7. The van der Waals surface area contributed by atoms with E-state index in [2.05, 4.69) is 16.0 Å². The SMILES string of the molecule is CSCCC(NC(=O)C(N)CCC(N)=O)C(=O)NC(CC(=O)O)C(=O)NC(C)C(=O)O. The third-order valence-corrected chi connectivity index (χ3v) is 4.67. The zero-order valence-electron chi connectivity index (χ0n) is 17.3. The second-order valence-electron chi connectivity index (χ2n) is 6.68. The van der Waals surface area contributed by atoms with Crippen LogP contribution in [-0.4, -0.2) is 82.0 Å². The van der Waals surface area contributed by atoms with E-state index < -0.39 is 66.2 Å². The van der Waals surface area contributed by atoms with Gasteiger partial charge in [0, 0.05) is 6.42 Å². The molecule has 0 rings (SSSR count). The van der Waals surface area contributed by atoms with E-state index in [1.165, 1.54) is 18.7 Å². The first kappa shape index (κ1) is 28.1. The van der Waals surface area contributed by atoms with Gasteiger partial charge in [0.2, 0.25) is 23.6 Å². The quantitative estimate of drug-likeness (QED) is 0.133. The van der Waals surface area contributed by atoms with E-state index in [1.807, 2.05) is 0 Å². The fourth-order valence-corrected chi connectivity index (χ4v) is 2.72. The van der Waals surface area contributed by atoms with E-state index >= 15 is 0 Å². The summed E-state index contributed by atoms with van der Waals surface area (Å²) in [5.74, 6) is -5.50. The molecule has 0 saturated heterocycles. The van der Waals surface area contributed by atoms with Crippen molar-refractivity contribution in [2.24, 2.45) is 11.5 Å². The normalized spacial score (nSPS) is 14.4. The Labute approximate surface area is 183 Å². The molecule has 0 heterocycles. The first-order valence-corrected chi connectivity index (χ1v) is 10.7. The van der Waals surface area contributed by atoms with E-state index in [9.17, 15) is 28.8 Å². The van der Waals surface area contributed by atoms with E-state index in [1.54, 1.807) is 6.26 Å². The number of nitrogens with one attached hydrogen (secondary N) is 3. The topological polar surface area (TPSA) is 231 Å². The number of rotatable bonds is 15. The van der Waals surface area contributed by atoms with Crippen LogP contribution in [0.25, 0.3) is 0 Å². The minimum absolute atomic E-state index is 0.0326. The summed E-state index contributed by atoms with van der Waals surface area (Å²) in [7, 11) is 0. The third-order valence-electron chi connectivity index (χ3n) is 4.02. The van der Waals surface area contributed by atoms with Crippen LogP contribution < -0.4 is 27.4 Å². The standard InChI is InChI=1S/C17H29N5O8S/c1-8(17(29)30)20-16(28)11(7-13(24)25)22-15(27)10(5-6-31-2)21-14(26)9(18)3-4-12(19)23/h8-11H,3-7,18H2,1-2H3,(H2,19,23)(H,20,28)(H,21,26)(H,22,27)(H,24,25)(H,29,30). The van der Waals surface area contributed by atoms with Crippen LogP contribution in [0.5, 0.6) is 0 Å². The van der Waals surface area contributed by atoms with Gasteiger partial charge in [0.25, 0.3) is 0 Å². The monoisotopic (exact) mass is 463 g/mol. The second-order valence-corrected chi connectivity index (χ2v) is 7.67. The smallest absolute Gasteiger partial charge is 0.325 e. The molecule has 0 fully saturated rings. The molecule has 4 amide bonds. The number of carbonyl (C=O) groups excluding carboxylic acids is 4. The van der Waals surface area contributed by atoms with Crippen molar-refractivity contribution in [3.8, 4) is 0 Å². The summed E-state index contributed by atoms with van der Waals surface area (Å²) in [5, 5.41) is 24.6. The lowest BCUT2D eigenvalue weighted by Gasteiger charge is -2.24. The van der Waals surface area contributed by atoms with Gasteiger partial charge < -0.3 is 37.6 Å². The Balaban J connectivity index is 5.29. The van der Waals surface area contributed by atoms with E-state index in [0.717, 1.165) is 0 Å². The molecule has 13 nitrogen and oxygen atoms in total. The fraction of sp³-hybridized carbons (Fsp3) is 0.647. The number of thioether (sulfide) groups is 1. The van der Waals surface area contributed by atoms with Gasteiger partial charge in [-0.25, -0.2) is 0 Å². The molecule has 176 valence electrons. The van der Waals surface area contributed by atoms with Crippen LogP contribution in [0.1, 0.15) is 32.6 Å². The molecule has 0 aromatic heterocycles. The highest BCUT2D eigenvalue weighted by Crippen LogP contribution is 2.05. The summed E-state index contributed by atoms with van der Waals surface area (Å²) < 4.78 is 0. The maximum Gasteiger partial charge on any atom is 0.325 e. The van der Waals surface area contributed by atoms with E-state index in [4.69, 9.17) is 21.7 Å². The summed E-state index contributed by atoms with van der Waals surface area (Å²) in [6, 6.07) is -5.12. The van der Waals surface area contributed by atoms with Gasteiger partial charge in [0.05, 0.1) is 12.5 Å². The minimum atomic E-state index is -1.57. The predicted molar refractivity (Wildman–Crippen MR) is 111 cm³/mol. The number of hydrogen-bond donors (Lipinski definition) is 7. The van der Waals surface area contributed by atoms with Crippen LogP contribution in [0, 0.1) is 0 Å². The van der Waals surface area contributed by atoms with Gasteiger partial charge >= 0.3 is 11.9 Å². The number of carbonyl (C=O) groups is 6. The summed E-state index contributed by atoms with van der Waals surface area (Å²) >= 11 is 1.38. The number of aliphatic carboxylic acids is 2. The molecule has 0 spiro atoms. The van der Waals surface area contributed by atoms with Gasteiger partial charge in [-0.05, 0) is 31.8 Å². The lowest BCUT2D eigenvalue weighted by Crippen LogP contribution is -2.57. The molecule has 0 aliphatic heterocycles. The Morgan fingerprint density at radius 3 is 1.94 bits per heavy atom. The molecule has 14 heteroatoms. The largest absolute Gasteiger partial charge is 0.481 e.